The van der Waals surface area contributed by atoms with Gasteiger partial charge in [-0.15, -0.1) is 0 Å². The van der Waals surface area contributed by atoms with Gasteiger partial charge in [-0.25, -0.2) is 4.79 Å². The van der Waals surface area contributed by atoms with Gasteiger partial charge >= 0.3 is 5.97 Å². The molecule has 0 bridgehead atoms. The lowest BCUT2D eigenvalue weighted by atomic mass is 9.79. The van der Waals surface area contributed by atoms with Crippen LogP contribution in [0.3, 0.4) is 0 Å². The summed E-state index contributed by atoms with van der Waals surface area (Å²) in [5.74, 6) is -0.223. The van der Waals surface area contributed by atoms with Crippen molar-refractivity contribution in [3.63, 3.8) is 0 Å². The molecule has 2 fully saturated rings. The Morgan fingerprint density at radius 1 is 1.44 bits per heavy atom. The van der Waals surface area contributed by atoms with Gasteiger partial charge in [0, 0.05) is 17.4 Å². The highest BCUT2D eigenvalue weighted by molar-refractivity contribution is 5.91. The lowest BCUT2D eigenvalue weighted by Gasteiger charge is -2.32. The third-order valence-corrected chi connectivity index (χ3v) is 5.00. The first-order valence-corrected chi connectivity index (χ1v) is 6.72. The van der Waals surface area contributed by atoms with E-state index in [4.69, 9.17) is 4.74 Å². The van der Waals surface area contributed by atoms with Gasteiger partial charge in [-0.1, -0.05) is 17.7 Å². The van der Waals surface area contributed by atoms with E-state index in [2.05, 4.69) is 13.5 Å². The van der Waals surface area contributed by atoms with Crippen molar-refractivity contribution in [2.24, 2.45) is 11.8 Å². The Morgan fingerprint density at radius 2 is 2.17 bits per heavy atom. The van der Waals surface area contributed by atoms with Crippen LogP contribution in [0.5, 0.6) is 0 Å². The molecule has 1 saturated heterocycles. The Morgan fingerprint density at radius 3 is 2.89 bits per heavy atom. The second kappa shape index (κ2) is 3.70. The van der Waals surface area contributed by atoms with Gasteiger partial charge in [-0.05, 0) is 39.5 Å². The smallest absolute Gasteiger partial charge is 0.334 e. The summed E-state index contributed by atoms with van der Waals surface area (Å²) < 4.78 is 5.52. The topological polar surface area (TPSA) is 46.5 Å². The Kier molecular flexibility index (Phi) is 2.46. The van der Waals surface area contributed by atoms with Crippen LogP contribution in [-0.4, -0.2) is 22.8 Å². The molecule has 3 nitrogen and oxygen atoms in total. The Bertz CT molecular complexity index is 458. The van der Waals surface area contributed by atoms with Crippen LogP contribution in [0.4, 0.5) is 0 Å². The minimum Gasteiger partial charge on any atom is -0.458 e. The zero-order valence-electron chi connectivity index (χ0n) is 11.0. The minimum atomic E-state index is -0.755. The molecule has 18 heavy (non-hydrogen) atoms. The van der Waals surface area contributed by atoms with Crippen molar-refractivity contribution in [2.45, 2.75) is 51.2 Å². The zero-order chi connectivity index (χ0) is 13.1. The molecule has 1 heterocycles. The monoisotopic (exact) mass is 248 g/mol. The van der Waals surface area contributed by atoms with E-state index in [1.807, 2.05) is 6.92 Å². The molecule has 0 amide bonds. The molecular formula is C15H20O3. The number of rotatable bonds is 0. The van der Waals surface area contributed by atoms with Crippen molar-refractivity contribution in [3.8, 4) is 0 Å². The Balaban J connectivity index is 2.06. The van der Waals surface area contributed by atoms with Crippen LogP contribution < -0.4 is 0 Å². The molecule has 3 aliphatic rings. The molecule has 4 atom stereocenters. The van der Waals surface area contributed by atoms with E-state index in [0.717, 1.165) is 25.7 Å². The summed E-state index contributed by atoms with van der Waals surface area (Å²) in [4.78, 5) is 11.7. The summed E-state index contributed by atoms with van der Waals surface area (Å²) >= 11 is 0. The minimum absolute atomic E-state index is 0.0341. The molecule has 1 N–H and O–H groups in total. The van der Waals surface area contributed by atoms with Gasteiger partial charge in [0.2, 0.25) is 0 Å². The maximum atomic E-state index is 11.7. The van der Waals surface area contributed by atoms with Gasteiger partial charge in [0.05, 0.1) is 5.60 Å². The molecule has 1 saturated carbocycles. The van der Waals surface area contributed by atoms with Crippen molar-refractivity contribution in [3.05, 3.63) is 23.3 Å². The number of aliphatic hydroxyl groups is 1. The summed E-state index contributed by atoms with van der Waals surface area (Å²) in [5, 5.41) is 10.6. The van der Waals surface area contributed by atoms with Crippen molar-refractivity contribution < 1.29 is 14.6 Å². The molecule has 3 heteroatoms. The highest BCUT2D eigenvalue weighted by atomic mass is 16.6. The van der Waals surface area contributed by atoms with Gasteiger partial charge in [0.1, 0.15) is 6.10 Å². The molecular weight excluding hydrogens is 228 g/mol. The lowest BCUT2D eigenvalue weighted by molar-refractivity contribution is -0.144. The zero-order valence-corrected chi connectivity index (χ0v) is 11.0. The predicted octanol–water partition coefficient (Wildman–Crippen LogP) is 2.36. The highest BCUT2D eigenvalue weighted by Crippen LogP contribution is 2.52. The van der Waals surface area contributed by atoms with Crippen molar-refractivity contribution >= 4 is 5.97 Å². The molecule has 1 unspecified atom stereocenters. The molecule has 1 aliphatic heterocycles. The average molecular weight is 248 g/mol. The van der Waals surface area contributed by atoms with E-state index < -0.39 is 5.60 Å². The summed E-state index contributed by atoms with van der Waals surface area (Å²) in [6.45, 7) is 7.89. The normalized spacial score (nSPS) is 43.6. The number of fused-ring (bicyclic) bond motifs is 3. The average Bonchev–Trinajstić information content (AvgIpc) is 2.69. The first kappa shape index (κ1) is 12.0. The van der Waals surface area contributed by atoms with E-state index in [9.17, 15) is 9.90 Å². The maximum Gasteiger partial charge on any atom is 0.334 e. The van der Waals surface area contributed by atoms with Crippen LogP contribution in [0, 0.1) is 11.8 Å². The van der Waals surface area contributed by atoms with Crippen LogP contribution in [0.2, 0.25) is 0 Å². The first-order chi connectivity index (χ1) is 8.42. The number of hydrogen-bond donors (Lipinski definition) is 1. The van der Waals surface area contributed by atoms with Gasteiger partial charge in [-0.3, -0.25) is 0 Å². The van der Waals surface area contributed by atoms with Crippen LogP contribution in [-0.2, 0) is 9.53 Å². The van der Waals surface area contributed by atoms with Crippen LogP contribution in [0.25, 0.3) is 0 Å². The molecule has 0 aromatic carbocycles. The largest absolute Gasteiger partial charge is 0.458 e. The van der Waals surface area contributed by atoms with Gasteiger partial charge in [-0.2, -0.15) is 0 Å². The van der Waals surface area contributed by atoms with E-state index in [1.165, 1.54) is 11.1 Å². The Hall–Kier alpha value is -1.09. The third-order valence-electron chi connectivity index (χ3n) is 5.00. The fraction of sp³-hybridized carbons (Fsp3) is 0.667. The number of carbonyl (C=O) groups excluding carboxylic acids is 1. The van der Waals surface area contributed by atoms with Crippen LogP contribution >= 0.6 is 0 Å². The van der Waals surface area contributed by atoms with Crippen molar-refractivity contribution in [1.29, 1.82) is 0 Å². The van der Waals surface area contributed by atoms with Gasteiger partial charge < -0.3 is 9.84 Å². The molecule has 0 radical (unpaired) electrons. The van der Waals surface area contributed by atoms with Gasteiger partial charge in [0.25, 0.3) is 0 Å². The summed E-state index contributed by atoms with van der Waals surface area (Å²) in [6, 6.07) is 0. The molecule has 0 aromatic rings. The van der Waals surface area contributed by atoms with Crippen molar-refractivity contribution in [1.82, 2.24) is 0 Å². The van der Waals surface area contributed by atoms with Crippen LogP contribution in [0.15, 0.2) is 23.3 Å². The lowest BCUT2D eigenvalue weighted by Crippen LogP contribution is -2.40. The number of hydrogen-bond acceptors (Lipinski definition) is 3. The summed E-state index contributed by atoms with van der Waals surface area (Å²) in [7, 11) is 0. The van der Waals surface area contributed by atoms with E-state index in [-0.39, 0.29) is 23.9 Å². The standard InChI is InChI=1S/C15H20O3/c1-8-4-5-11-9(2)14(16)18-13(11)12-10(8)6-7-15(12,3)17/h11-13,17H,2,4-7H2,1,3H3/t11-,12?,13-,15+/m0/s1. The number of allylic oxidation sites excluding steroid dienone is 1. The highest BCUT2D eigenvalue weighted by Gasteiger charge is 2.54. The third kappa shape index (κ3) is 1.50. The van der Waals surface area contributed by atoms with Crippen LogP contribution in [0.1, 0.15) is 39.5 Å². The van der Waals surface area contributed by atoms with Gasteiger partial charge in [0.15, 0.2) is 0 Å². The summed E-state index contributed by atoms with van der Waals surface area (Å²) in [5.41, 5.74) is 2.53. The van der Waals surface area contributed by atoms with E-state index >= 15 is 0 Å². The van der Waals surface area contributed by atoms with E-state index in [1.54, 1.807) is 0 Å². The molecule has 98 valence electrons. The second-order valence-corrected chi connectivity index (χ2v) is 6.18. The first-order valence-electron chi connectivity index (χ1n) is 6.72. The predicted molar refractivity (Wildman–Crippen MR) is 67.8 cm³/mol. The van der Waals surface area contributed by atoms with Crippen molar-refractivity contribution in [2.75, 3.05) is 0 Å². The summed E-state index contributed by atoms with van der Waals surface area (Å²) in [6.07, 6.45) is 3.39. The van der Waals surface area contributed by atoms with E-state index in [0.29, 0.717) is 5.57 Å². The fourth-order valence-electron chi connectivity index (χ4n) is 3.91. The molecule has 2 aliphatic carbocycles. The Labute approximate surface area is 108 Å². The number of ether oxygens (including phenoxy) is 1. The molecule has 3 rings (SSSR count). The quantitative estimate of drug-likeness (QED) is 0.406. The number of esters is 1. The molecule has 0 spiro atoms. The molecule has 0 aromatic heterocycles. The SMILES string of the molecule is C=C1C(=O)O[C@@H]2C3C(=C(C)CC[C@@H]12)CC[C@@]3(C)O. The fourth-order valence-corrected chi connectivity index (χ4v) is 3.91. The number of carbonyl (C=O) groups is 1. The second-order valence-electron chi connectivity index (χ2n) is 6.18. The maximum absolute atomic E-state index is 11.7.